The first-order valence-electron chi connectivity index (χ1n) is 2.48. The first-order chi connectivity index (χ1) is 6.56. The smallest absolute Gasteiger partial charge is 0.373 e. The van der Waals surface area contributed by atoms with Gasteiger partial charge in [-0.15, -0.1) is 0 Å². The van der Waals surface area contributed by atoms with Crippen molar-refractivity contribution >= 4 is 25.4 Å². The zero-order chi connectivity index (χ0) is 13.0. The summed E-state index contributed by atoms with van der Waals surface area (Å²) in [5, 5.41) is 21.3. The monoisotopic (exact) mass is 354 g/mol. The minimum atomic E-state index is -0.833. The fraction of sp³-hybridized carbons (Fsp3) is 0.333. The molecule has 0 spiro atoms. The van der Waals surface area contributed by atoms with Crippen LogP contribution in [0.2, 0.25) is 0 Å². The van der Waals surface area contributed by atoms with Crippen LogP contribution in [-0.2, 0) is 63.3 Å². The zero-order valence-electron chi connectivity index (χ0n) is 9.03. The van der Waals surface area contributed by atoms with Crippen LogP contribution in [0.5, 0.6) is 0 Å². The molecule has 0 aromatic heterocycles. The maximum Gasteiger partial charge on any atom is 0.373 e. The fourth-order valence-corrected chi connectivity index (χ4v) is 0. The minimum absolute atomic E-state index is 0. The summed E-state index contributed by atoms with van der Waals surface area (Å²) < 4.78 is 0. The Balaban J connectivity index is -0.00000000779. The van der Waals surface area contributed by atoms with Gasteiger partial charge in [-0.25, -0.2) is 0 Å². The topological polar surface area (TPSA) is 205 Å². The van der Waals surface area contributed by atoms with Crippen LogP contribution >= 0.6 is 0 Å². The standard InChI is InChI=1S/C2H4O2.CH2O2.CO2.CH4O.CO.Co.Mn.N.O/c1-2(3)4;2*2-1-3;2*1-2;;;;/h1H3,(H,3,4);1H,(H,2,3);;2H,1H3;;;;;. The molecule has 3 N–H and O–H groups in total. The van der Waals surface area contributed by atoms with E-state index in [2.05, 4.69) is 6.79 Å². The van der Waals surface area contributed by atoms with E-state index in [9.17, 15) is 0 Å². The molecular formula is C6H10CoMnNO9. The van der Waals surface area contributed by atoms with Crippen molar-refractivity contribution < 1.29 is 78.6 Å². The van der Waals surface area contributed by atoms with Gasteiger partial charge in [0.05, 0.1) is 0 Å². The van der Waals surface area contributed by atoms with Crippen LogP contribution in [0, 0.1) is 0 Å². The first kappa shape index (κ1) is 68.5. The van der Waals surface area contributed by atoms with E-state index in [1.807, 2.05) is 0 Å². The molecule has 0 fully saturated rings. The van der Waals surface area contributed by atoms with Crippen LogP contribution in [0.15, 0.2) is 0 Å². The predicted octanol–water partition coefficient (Wildman–Crippen LogP) is -2.18. The van der Waals surface area contributed by atoms with Gasteiger partial charge >= 0.3 is 6.15 Å². The van der Waals surface area contributed by atoms with Crippen LogP contribution in [0.4, 0.5) is 0 Å². The summed E-state index contributed by atoms with van der Waals surface area (Å²) in [4.78, 5) is 41.1. The van der Waals surface area contributed by atoms with Crippen LogP contribution in [-0.4, -0.2) is 47.8 Å². The summed E-state index contributed by atoms with van der Waals surface area (Å²) in [5.74, 6) is -0.833. The summed E-state index contributed by atoms with van der Waals surface area (Å²) in [6, 6.07) is 0. The molecule has 0 atom stereocenters. The van der Waals surface area contributed by atoms with Crippen molar-refractivity contribution in [3.8, 4) is 0 Å². The number of carboxylic acid groups (broad SMARTS) is 2. The Kier molecular flexibility index (Phi) is 884. The van der Waals surface area contributed by atoms with Crippen molar-refractivity contribution in [3.63, 3.8) is 0 Å². The van der Waals surface area contributed by atoms with Crippen LogP contribution in [0.3, 0.4) is 0 Å². The van der Waals surface area contributed by atoms with Gasteiger partial charge in [-0.3, -0.25) is 14.4 Å². The van der Waals surface area contributed by atoms with E-state index in [1.165, 1.54) is 0 Å². The van der Waals surface area contributed by atoms with E-state index in [1.54, 1.807) is 0 Å². The minimum Gasteiger partial charge on any atom is -0.483 e. The van der Waals surface area contributed by atoms with Crippen molar-refractivity contribution in [3.05, 3.63) is 0 Å². The van der Waals surface area contributed by atoms with Crippen molar-refractivity contribution in [2.75, 3.05) is 7.11 Å². The zero-order valence-corrected chi connectivity index (χ0v) is 11.2. The molecule has 0 heterocycles. The molecule has 10 nitrogen and oxygen atoms in total. The quantitative estimate of drug-likeness (QED) is 0.321. The average molecular weight is 354 g/mol. The van der Waals surface area contributed by atoms with Gasteiger partial charge in [0, 0.05) is 59.5 Å². The Hall–Kier alpha value is -1.10. The fourth-order valence-electron chi connectivity index (χ4n) is 0. The Bertz CT molecular complexity index is 139. The van der Waals surface area contributed by atoms with E-state index >= 15 is 0 Å². The van der Waals surface area contributed by atoms with Gasteiger partial charge in [0.2, 0.25) is 0 Å². The molecule has 0 aromatic rings. The predicted molar refractivity (Wildman–Crippen MR) is 43.7 cm³/mol. The maximum absolute atomic E-state index is 9.00. The third-order valence-corrected chi connectivity index (χ3v) is 0. The van der Waals surface area contributed by atoms with Gasteiger partial charge in [-0.2, -0.15) is 9.59 Å². The number of aliphatic hydroxyl groups is 1. The molecule has 0 bridgehead atoms. The second-order valence-electron chi connectivity index (χ2n) is 0.708. The van der Waals surface area contributed by atoms with Crippen molar-refractivity contribution in [1.29, 1.82) is 0 Å². The van der Waals surface area contributed by atoms with E-state index in [0.29, 0.717) is 0 Å². The van der Waals surface area contributed by atoms with Gasteiger partial charge in [0.25, 0.3) is 19.2 Å². The van der Waals surface area contributed by atoms with E-state index in [0.717, 1.165) is 14.0 Å². The molecule has 0 aromatic carbocycles. The van der Waals surface area contributed by atoms with Crippen LogP contribution in [0.1, 0.15) is 6.92 Å². The first-order valence-corrected chi connectivity index (χ1v) is 2.48. The van der Waals surface area contributed by atoms with Crippen molar-refractivity contribution in [2.24, 2.45) is 0 Å². The molecule has 0 unspecified atom stereocenters. The second-order valence-corrected chi connectivity index (χ2v) is 0.708. The molecule has 0 rings (SSSR count). The molecular weight excluding hydrogens is 344 g/mol. The van der Waals surface area contributed by atoms with Gasteiger partial charge in [-0.1, -0.05) is 0 Å². The van der Waals surface area contributed by atoms with Crippen molar-refractivity contribution in [1.82, 2.24) is 6.15 Å². The number of carbonyl (C=O) groups is 2. The molecule has 0 aliphatic heterocycles. The number of carbonyl (C=O) groups excluding carboxylic acids is 3. The molecule has 9 radical (unpaired) electrons. The van der Waals surface area contributed by atoms with Crippen LogP contribution in [0.25, 0.3) is 0 Å². The summed E-state index contributed by atoms with van der Waals surface area (Å²) >= 11 is 0. The number of hydrogen-bond acceptors (Lipinski definition) is 6. The molecule has 109 valence electrons. The molecule has 0 amide bonds. The molecule has 12 heteroatoms. The van der Waals surface area contributed by atoms with E-state index < -0.39 is 5.97 Å². The van der Waals surface area contributed by atoms with Crippen molar-refractivity contribution in [2.45, 2.75) is 6.92 Å². The SMILES string of the molecule is CC(=O)O.CO.O=C=O.O=CO.[C]=O.[Co].[Mn].[N].[O]. The molecule has 0 aliphatic carbocycles. The average Bonchev–Trinajstić information content (AvgIpc) is 2.12. The summed E-state index contributed by atoms with van der Waals surface area (Å²) in [7, 11) is 1.00. The Labute approximate surface area is 124 Å². The number of nitrogens with zero attached hydrogens (tertiary/aromatic N) is 1. The summed E-state index contributed by atoms with van der Waals surface area (Å²) in [6.45, 7) is 5.33. The Morgan fingerprint density at radius 2 is 1.22 bits per heavy atom. The molecule has 0 saturated carbocycles. The number of aliphatic hydroxyl groups excluding tert-OH is 1. The number of carboxylic acids is 1. The van der Waals surface area contributed by atoms with E-state index in [-0.39, 0.29) is 58.1 Å². The van der Waals surface area contributed by atoms with Gasteiger partial charge < -0.3 is 15.3 Å². The largest absolute Gasteiger partial charge is 0.483 e. The normalized spacial score (nSPS) is 3.06. The van der Waals surface area contributed by atoms with Gasteiger partial charge in [0.1, 0.15) is 0 Å². The number of rotatable bonds is 0. The number of aliphatic carboxylic acids is 1. The van der Waals surface area contributed by atoms with Gasteiger partial charge in [-0.05, 0) is 0 Å². The second kappa shape index (κ2) is 232. The van der Waals surface area contributed by atoms with E-state index in [4.69, 9.17) is 39.3 Å². The maximum atomic E-state index is 9.00. The Morgan fingerprint density at radius 1 is 1.22 bits per heavy atom. The molecule has 0 aliphatic rings. The Morgan fingerprint density at radius 3 is 1.22 bits per heavy atom. The molecule has 0 saturated heterocycles. The molecule has 18 heavy (non-hydrogen) atoms. The third-order valence-electron chi connectivity index (χ3n) is 0. The third kappa shape index (κ3) is 2360. The number of hydrogen-bond donors (Lipinski definition) is 3. The van der Waals surface area contributed by atoms with Crippen LogP contribution < -0.4 is 6.15 Å². The summed E-state index contributed by atoms with van der Waals surface area (Å²) in [5.41, 5.74) is 0. The van der Waals surface area contributed by atoms with Gasteiger partial charge in [0.15, 0.2) is 0 Å². The summed E-state index contributed by atoms with van der Waals surface area (Å²) in [6.07, 6.45) is 0.250.